The van der Waals surface area contributed by atoms with Crippen molar-refractivity contribution in [1.82, 2.24) is 15.3 Å². The summed E-state index contributed by atoms with van der Waals surface area (Å²) in [7, 11) is 0. The van der Waals surface area contributed by atoms with Gasteiger partial charge in [-0.3, -0.25) is 19.6 Å². The molecule has 1 saturated heterocycles. The van der Waals surface area contributed by atoms with Crippen LogP contribution in [0, 0.1) is 5.92 Å². The van der Waals surface area contributed by atoms with E-state index in [0.29, 0.717) is 25.4 Å². The normalized spacial score (nSPS) is 17.0. The quantitative estimate of drug-likeness (QED) is 0.866. The standard InChI is InChI=1S/C20H24N4O2/c1-14(2)15-3-5-18(6-4-15)24-13-16(11-19(24)25)20(26)23-8-7-17-12-21-9-10-22-17/h3-6,9-10,12,14,16H,7-8,11,13H2,1-2H3,(H,23,26)/t16-/m0/s1. The van der Waals surface area contributed by atoms with Crippen LogP contribution in [-0.4, -0.2) is 34.9 Å². The molecule has 136 valence electrons. The van der Waals surface area contributed by atoms with E-state index in [1.807, 2.05) is 24.3 Å². The van der Waals surface area contributed by atoms with Gasteiger partial charge in [-0.25, -0.2) is 0 Å². The number of carbonyl (C=O) groups is 2. The van der Waals surface area contributed by atoms with Gasteiger partial charge in [0.05, 0.1) is 11.6 Å². The molecule has 2 aromatic rings. The molecule has 0 radical (unpaired) electrons. The average Bonchev–Trinajstić information content (AvgIpc) is 3.04. The zero-order chi connectivity index (χ0) is 18.5. The zero-order valence-electron chi connectivity index (χ0n) is 15.2. The number of carbonyl (C=O) groups excluding carboxylic acids is 2. The molecule has 6 heteroatoms. The predicted molar refractivity (Wildman–Crippen MR) is 99.7 cm³/mol. The predicted octanol–water partition coefficient (Wildman–Crippen LogP) is 2.31. The number of rotatable bonds is 6. The second kappa shape index (κ2) is 8.08. The van der Waals surface area contributed by atoms with Gasteiger partial charge in [0, 0.05) is 50.2 Å². The number of hydrogen-bond donors (Lipinski definition) is 1. The fraction of sp³-hybridized carbons (Fsp3) is 0.400. The van der Waals surface area contributed by atoms with Crippen molar-refractivity contribution in [2.24, 2.45) is 5.92 Å². The van der Waals surface area contributed by atoms with E-state index in [9.17, 15) is 9.59 Å². The maximum Gasteiger partial charge on any atom is 0.227 e. The molecule has 2 heterocycles. The van der Waals surface area contributed by atoms with Crippen molar-refractivity contribution < 1.29 is 9.59 Å². The Bertz CT molecular complexity index is 759. The first kappa shape index (κ1) is 18.0. The van der Waals surface area contributed by atoms with Gasteiger partial charge in [-0.1, -0.05) is 26.0 Å². The van der Waals surface area contributed by atoms with Crippen LogP contribution in [0.2, 0.25) is 0 Å². The lowest BCUT2D eigenvalue weighted by molar-refractivity contribution is -0.126. The van der Waals surface area contributed by atoms with Crippen LogP contribution >= 0.6 is 0 Å². The van der Waals surface area contributed by atoms with Crippen LogP contribution in [0.4, 0.5) is 5.69 Å². The van der Waals surface area contributed by atoms with Gasteiger partial charge >= 0.3 is 0 Å². The Morgan fingerprint density at radius 3 is 2.69 bits per heavy atom. The van der Waals surface area contributed by atoms with Crippen LogP contribution in [0.1, 0.15) is 37.4 Å². The second-order valence-corrected chi connectivity index (χ2v) is 6.89. The topological polar surface area (TPSA) is 75.2 Å². The maximum absolute atomic E-state index is 12.4. The number of amides is 2. The van der Waals surface area contributed by atoms with E-state index >= 15 is 0 Å². The molecule has 26 heavy (non-hydrogen) atoms. The van der Waals surface area contributed by atoms with Crippen molar-refractivity contribution in [3.63, 3.8) is 0 Å². The molecule has 1 aliphatic heterocycles. The molecule has 1 fully saturated rings. The van der Waals surface area contributed by atoms with Gasteiger partial charge in [0.1, 0.15) is 0 Å². The summed E-state index contributed by atoms with van der Waals surface area (Å²) in [5.41, 5.74) is 2.93. The van der Waals surface area contributed by atoms with Gasteiger partial charge in [0.15, 0.2) is 0 Å². The molecule has 1 aromatic carbocycles. The average molecular weight is 352 g/mol. The first-order chi connectivity index (χ1) is 12.5. The summed E-state index contributed by atoms with van der Waals surface area (Å²) >= 11 is 0. The van der Waals surface area contributed by atoms with E-state index in [4.69, 9.17) is 0 Å². The number of nitrogens with zero attached hydrogens (tertiary/aromatic N) is 3. The molecule has 1 aromatic heterocycles. The fourth-order valence-corrected chi connectivity index (χ4v) is 3.09. The van der Waals surface area contributed by atoms with Crippen LogP contribution in [0.3, 0.4) is 0 Å². The Balaban J connectivity index is 1.54. The van der Waals surface area contributed by atoms with E-state index in [1.54, 1.807) is 23.5 Å². The molecule has 0 bridgehead atoms. The Morgan fingerprint density at radius 1 is 1.27 bits per heavy atom. The lowest BCUT2D eigenvalue weighted by atomic mass is 10.0. The number of aromatic nitrogens is 2. The Kier molecular flexibility index (Phi) is 5.61. The Morgan fingerprint density at radius 2 is 2.04 bits per heavy atom. The highest BCUT2D eigenvalue weighted by Crippen LogP contribution is 2.26. The number of hydrogen-bond acceptors (Lipinski definition) is 4. The number of benzene rings is 1. The number of anilines is 1. The molecular weight excluding hydrogens is 328 g/mol. The van der Waals surface area contributed by atoms with Crippen molar-refractivity contribution in [1.29, 1.82) is 0 Å². The monoisotopic (exact) mass is 352 g/mol. The van der Waals surface area contributed by atoms with E-state index in [1.165, 1.54) is 5.56 Å². The van der Waals surface area contributed by atoms with Crippen molar-refractivity contribution in [3.05, 3.63) is 54.1 Å². The van der Waals surface area contributed by atoms with Crippen LogP contribution < -0.4 is 10.2 Å². The highest BCUT2D eigenvalue weighted by Gasteiger charge is 2.34. The summed E-state index contributed by atoms with van der Waals surface area (Å²) in [5.74, 6) is 0.0557. The minimum Gasteiger partial charge on any atom is -0.355 e. The van der Waals surface area contributed by atoms with Crippen LogP contribution in [0.25, 0.3) is 0 Å². The molecule has 1 aliphatic rings. The second-order valence-electron chi connectivity index (χ2n) is 6.89. The largest absolute Gasteiger partial charge is 0.355 e. The molecule has 0 unspecified atom stereocenters. The fourth-order valence-electron chi connectivity index (χ4n) is 3.09. The Hall–Kier alpha value is -2.76. The molecule has 0 saturated carbocycles. The lowest BCUT2D eigenvalue weighted by Gasteiger charge is -2.17. The van der Waals surface area contributed by atoms with Gasteiger partial charge in [0.2, 0.25) is 11.8 Å². The Labute approximate surface area is 153 Å². The SMILES string of the molecule is CC(C)c1ccc(N2C[C@@H](C(=O)NCCc3cnccn3)CC2=O)cc1. The first-order valence-corrected chi connectivity index (χ1v) is 8.97. The summed E-state index contributed by atoms with van der Waals surface area (Å²) in [6, 6.07) is 8.01. The summed E-state index contributed by atoms with van der Waals surface area (Å²) in [5, 5.41) is 2.90. The zero-order valence-corrected chi connectivity index (χ0v) is 15.2. The van der Waals surface area contributed by atoms with Crippen LogP contribution in [0.15, 0.2) is 42.9 Å². The molecular formula is C20H24N4O2. The minimum absolute atomic E-state index is 0.00336. The molecule has 1 N–H and O–H groups in total. The maximum atomic E-state index is 12.4. The van der Waals surface area contributed by atoms with Gasteiger partial charge < -0.3 is 10.2 Å². The minimum atomic E-state index is -0.311. The lowest BCUT2D eigenvalue weighted by Crippen LogP contribution is -2.34. The van der Waals surface area contributed by atoms with Crippen molar-refractivity contribution in [2.45, 2.75) is 32.6 Å². The van der Waals surface area contributed by atoms with E-state index in [2.05, 4.69) is 29.1 Å². The molecule has 1 atom stereocenters. The van der Waals surface area contributed by atoms with Crippen molar-refractivity contribution in [2.75, 3.05) is 18.0 Å². The molecule has 0 spiro atoms. The highest BCUT2D eigenvalue weighted by atomic mass is 16.2. The first-order valence-electron chi connectivity index (χ1n) is 8.97. The van der Waals surface area contributed by atoms with Gasteiger partial charge in [-0.05, 0) is 23.6 Å². The third kappa shape index (κ3) is 4.25. The summed E-state index contributed by atoms with van der Waals surface area (Å²) in [4.78, 5) is 34.6. The van der Waals surface area contributed by atoms with E-state index in [-0.39, 0.29) is 24.2 Å². The smallest absolute Gasteiger partial charge is 0.227 e. The van der Waals surface area contributed by atoms with Gasteiger partial charge in [-0.15, -0.1) is 0 Å². The van der Waals surface area contributed by atoms with E-state index < -0.39 is 0 Å². The highest BCUT2D eigenvalue weighted by molar-refractivity contribution is 6.00. The molecule has 6 nitrogen and oxygen atoms in total. The number of nitrogens with one attached hydrogen (secondary N) is 1. The van der Waals surface area contributed by atoms with E-state index in [0.717, 1.165) is 11.4 Å². The van der Waals surface area contributed by atoms with Crippen molar-refractivity contribution in [3.8, 4) is 0 Å². The third-order valence-electron chi connectivity index (χ3n) is 4.66. The van der Waals surface area contributed by atoms with Gasteiger partial charge in [-0.2, -0.15) is 0 Å². The summed E-state index contributed by atoms with van der Waals surface area (Å²) in [6.07, 6.45) is 5.82. The summed E-state index contributed by atoms with van der Waals surface area (Å²) < 4.78 is 0. The molecule has 2 amide bonds. The van der Waals surface area contributed by atoms with Gasteiger partial charge in [0.25, 0.3) is 0 Å². The molecule has 0 aliphatic carbocycles. The van der Waals surface area contributed by atoms with Crippen molar-refractivity contribution >= 4 is 17.5 Å². The third-order valence-corrected chi connectivity index (χ3v) is 4.66. The summed E-state index contributed by atoms with van der Waals surface area (Å²) in [6.45, 7) is 5.19. The van der Waals surface area contributed by atoms with Crippen LogP contribution in [-0.2, 0) is 16.0 Å². The molecule has 3 rings (SSSR count). The van der Waals surface area contributed by atoms with Crippen LogP contribution in [0.5, 0.6) is 0 Å².